The number of hydrogen-bond donors (Lipinski definition) is 1. The van der Waals surface area contributed by atoms with E-state index in [2.05, 4.69) is 5.32 Å². The Morgan fingerprint density at radius 1 is 1.10 bits per heavy atom. The summed E-state index contributed by atoms with van der Waals surface area (Å²) in [6.07, 6.45) is -1.09. The van der Waals surface area contributed by atoms with Crippen molar-refractivity contribution >= 4 is 12.2 Å². The Morgan fingerprint density at radius 2 is 1.65 bits per heavy atom. The van der Waals surface area contributed by atoms with Gasteiger partial charge in [0.25, 0.3) is 0 Å². The summed E-state index contributed by atoms with van der Waals surface area (Å²) in [5.74, 6) is 0. The van der Waals surface area contributed by atoms with E-state index in [0.717, 1.165) is 5.06 Å². The molecular weight excluding hydrogens is 264 g/mol. The quantitative estimate of drug-likeness (QED) is 0.799. The van der Waals surface area contributed by atoms with Gasteiger partial charge in [0.05, 0.1) is 19.2 Å². The fourth-order valence-electron chi connectivity index (χ4n) is 1.49. The first-order valence-corrected chi connectivity index (χ1v) is 6.59. The first kappa shape index (κ1) is 16.6. The zero-order valence-corrected chi connectivity index (χ0v) is 13.0. The molecule has 1 unspecified atom stereocenters. The van der Waals surface area contributed by atoms with Crippen molar-refractivity contribution in [1.29, 1.82) is 0 Å². The molecule has 7 nitrogen and oxygen atoms in total. The van der Waals surface area contributed by atoms with Gasteiger partial charge in [-0.3, -0.25) is 4.84 Å². The van der Waals surface area contributed by atoms with Crippen LogP contribution in [-0.2, 0) is 14.3 Å². The van der Waals surface area contributed by atoms with Crippen molar-refractivity contribution in [2.24, 2.45) is 0 Å². The standard InChI is InChI=1S/C13H24N2O5/c1-12(2,3)19-10(16)14-9-7-15(18-8-9)11(17)20-13(4,5)6/h9H,7-8H2,1-6H3,(H,14,16). The minimum atomic E-state index is -0.586. The van der Waals surface area contributed by atoms with Crippen molar-refractivity contribution in [3.8, 4) is 0 Å². The van der Waals surface area contributed by atoms with Crippen LogP contribution in [0.25, 0.3) is 0 Å². The molecule has 1 heterocycles. The number of amides is 2. The van der Waals surface area contributed by atoms with Gasteiger partial charge in [-0.05, 0) is 41.5 Å². The lowest BCUT2D eigenvalue weighted by Gasteiger charge is -2.23. The highest BCUT2D eigenvalue weighted by Gasteiger charge is 2.32. The highest BCUT2D eigenvalue weighted by Crippen LogP contribution is 2.14. The molecule has 0 radical (unpaired) electrons. The van der Waals surface area contributed by atoms with Crippen LogP contribution in [0.5, 0.6) is 0 Å². The third kappa shape index (κ3) is 6.10. The first-order chi connectivity index (χ1) is 8.96. The van der Waals surface area contributed by atoms with Gasteiger partial charge in [-0.1, -0.05) is 0 Å². The Morgan fingerprint density at radius 3 is 2.15 bits per heavy atom. The molecule has 1 N–H and O–H groups in total. The van der Waals surface area contributed by atoms with Gasteiger partial charge in [-0.15, -0.1) is 0 Å². The Labute approximate surface area is 119 Å². The van der Waals surface area contributed by atoms with Gasteiger partial charge >= 0.3 is 12.2 Å². The van der Waals surface area contributed by atoms with Gasteiger partial charge in [0, 0.05) is 0 Å². The second-order valence-electron chi connectivity index (χ2n) is 6.68. The molecule has 0 bridgehead atoms. The average Bonchev–Trinajstić information content (AvgIpc) is 2.59. The summed E-state index contributed by atoms with van der Waals surface area (Å²) < 4.78 is 10.3. The summed E-state index contributed by atoms with van der Waals surface area (Å²) in [6, 6.07) is -0.308. The largest absolute Gasteiger partial charge is 0.444 e. The molecule has 0 spiro atoms. The van der Waals surface area contributed by atoms with Crippen LogP contribution in [-0.4, -0.2) is 47.6 Å². The maximum Gasteiger partial charge on any atom is 0.434 e. The van der Waals surface area contributed by atoms with Crippen LogP contribution in [0.15, 0.2) is 0 Å². The second kappa shape index (κ2) is 5.87. The van der Waals surface area contributed by atoms with E-state index in [1.165, 1.54) is 0 Å². The summed E-state index contributed by atoms with van der Waals surface area (Å²) in [6.45, 7) is 11.1. The maximum absolute atomic E-state index is 11.8. The van der Waals surface area contributed by atoms with Crippen LogP contribution in [0.2, 0.25) is 0 Å². The molecule has 1 fully saturated rings. The Bertz CT molecular complexity index is 370. The molecule has 2 amide bonds. The van der Waals surface area contributed by atoms with Crippen molar-refractivity contribution in [3.63, 3.8) is 0 Å². The zero-order chi connectivity index (χ0) is 15.6. The van der Waals surface area contributed by atoms with E-state index in [1.807, 2.05) is 0 Å². The third-order valence-electron chi connectivity index (χ3n) is 2.14. The van der Waals surface area contributed by atoms with E-state index in [1.54, 1.807) is 41.5 Å². The fraction of sp³-hybridized carbons (Fsp3) is 0.846. The van der Waals surface area contributed by atoms with Crippen LogP contribution in [0, 0.1) is 0 Å². The Kier molecular flexibility index (Phi) is 4.86. The van der Waals surface area contributed by atoms with E-state index in [0.29, 0.717) is 0 Å². The van der Waals surface area contributed by atoms with Crippen molar-refractivity contribution in [2.75, 3.05) is 13.2 Å². The van der Waals surface area contributed by atoms with E-state index in [9.17, 15) is 9.59 Å². The van der Waals surface area contributed by atoms with Gasteiger partial charge in [-0.2, -0.15) is 5.06 Å². The highest BCUT2D eigenvalue weighted by atomic mass is 16.7. The summed E-state index contributed by atoms with van der Waals surface area (Å²) in [5, 5.41) is 3.75. The molecule has 0 aromatic rings. The lowest BCUT2D eigenvalue weighted by molar-refractivity contribution is -0.107. The zero-order valence-electron chi connectivity index (χ0n) is 13.0. The molecule has 0 aromatic carbocycles. The number of hydroxylamine groups is 2. The number of ether oxygens (including phenoxy) is 2. The van der Waals surface area contributed by atoms with Crippen LogP contribution in [0.3, 0.4) is 0 Å². The number of nitrogens with zero attached hydrogens (tertiary/aromatic N) is 1. The van der Waals surface area contributed by atoms with E-state index in [-0.39, 0.29) is 19.2 Å². The summed E-state index contributed by atoms with van der Waals surface area (Å²) in [5.41, 5.74) is -1.15. The van der Waals surface area contributed by atoms with Crippen LogP contribution >= 0.6 is 0 Å². The first-order valence-electron chi connectivity index (χ1n) is 6.59. The molecule has 0 aromatic heterocycles. The number of carbonyl (C=O) groups is 2. The van der Waals surface area contributed by atoms with Gasteiger partial charge < -0.3 is 14.8 Å². The van der Waals surface area contributed by atoms with Crippen molar-refractivity contribution < 1.29 is 23.9 Å². The molecule has 20 heavy (non-hydrogen) atoms. The molecule has 0 saturated carbocycles. The van der Waals surface area contributed by atoms with Crippen LogP contribution in [0.4, 0.5) is 9.59 Å². The molecule has 1 atom stereocenters. The highest BCUT2D eigenvalue weighted by molar-refractivity contribution is 5.69. The lowest BCUT2D eigenvalue weighted by atomic mass is 10.2. The normalized spacial score (nSPS) is 19.7. The van der Waals surface area contributed by atoms with Gasteiger partial charge in [0.15, 0.2) is 0 Å². The van der Waals surface area contributed by atoms with Crippen LogP contribution in [0.1, 0.15) is 41.5 Å². The van der Waals surface area contributed by atoms with Gasteiger partial charge in [-0.25, -0.2) is 9.59 Å². The molecular formula is C13H24N2O5. The predicted octanol–water partition coefficient (Wildman–Crippen LogP) is 2.06. The lowest BCUT2D eigenvalue weighted by Crippen LogP contribution is -2.42. The number of nitrogens with one attached hydrogen (secondary N) is 1. The maximum atomic E-state index is 11.8. The van der Waals surface area contributed by atoms with Crippen molar-refractivity contribution in [2.45, 2.75) is 58.8 Å². The number of alkyl carbamates (subject to hydrolysis) is 1. The van der Waals surface area contributed by atoms with E-state index < -0.39 is 23.4 Å². The third-order valence-corrected chi connectivity index (χ3v) is 2.14. The molecule has 116 valence electrons. The fourth-order valence-corrected chi connectivity index (χ4v) is 1.49. The van der Waals surface area contributed by atoms with Crippen molar-refractivity contribution in [3.05, 3.63) is 0 Å². The average molecular weight is 288 g/mol. The smallest absolute Gasteiger partial charge is 0.434 e. The molecule has 7 heteroatoms. The monoisotopic (exact) mass is 288 g/mol. The minimum absolute atomic E-state index is 0.207. The summed E-state index contributed by atoms with van der Waals surface area (Å²) >= 11 is 0. The topological polar surface area (TPSA) is 77.1 Å². The van der Waals surface area contributed by atoms with Gasteiger partial charge in [0.2, 0.25) is 0 Å². The molecule has 1 saturated heterocycles. The molecule has 1 aliphatic rings. The SMILES string of the molecule is CC(C)(C)OC(=O)NC1CON(C(=O)OC(C)(C)C)C1. The van der Waals surface area contributed by atoms with E-state index in [4.69, 9.17) is 14.3 Å². The van der Waals surface area contributed by atoms with Crippen molar-refractivity contribution in [1.82, 2.24) is 10.4 Å². The molecule has 0 aliphatic carbocycles. The Hall–Kier alpha value is -1.50. The Balaban J connectivity index is 2.40. The summed E-state index contributed by atoms with van der Waals surface area (Å²) in [7, 11) is 0. The number of rotatable bonds is 1. The summed E-state index contributed by atoms with van der Waals surface area (Å²) in [4.78, 5) is 28.5. The number of hydrogen-bond acceptors (Lipinski definition) is 5. The number of carbonyl (C=O) groups excluding carboxylic acids is 2. The van der Waals surface area contributed by atoms with E-state index >= 15 is 0 Å². The minimum Gasteiger partial charge on any atom is -0.444 e. The van der Waals surface area contributed by atoms with Gasteiger partial charge in [0.1, 0.15) is 11.2 Å². The molecule has 1 aliphatic heterocycles. The predicted molar refractivity (Wildman–Crippen MR) is 72.0 cm³/mol. The van der Waals surface area contributed by atoms with Crippen LogP contribution < -0.4 is 5.32 Å². The second-order valence-corrected chi connectivity index (χ2v) is 6.68. The molecule has 1 rings (SSSR count).